The molecule has 5 nitrogen and oxygen atoms in total. The molecule has 5 heteroatoms. The quantitative estimate of drug-likeness (QED) is 0.688. The molecular weight excluding hydrogens is 258 g/mol. The van der Waals surface area contributed by atoms with Crippen molar-refractivity contribution in [2.24, 2.45) is 0 Å². The molecule has 0 unspecified atom stereocenters. The molecule has 0 saturated heterocycles. The third-order valence-electron chi connectivity index (χ3n) is 3.30. The summed E-state index contributed by atoms with van der Waals surface area (Å²) in [4.78, 5) is 24.1. The highest BCUT2D eigenvalue weighted by molar-refractivity contribution is 6.25. The van der Waals surface area contributed by atoms with Gasteiger partial charge in [-0.2, -0.15) is 0 Å². The van der Waals surface area contributed by atoms with Crippen molar-refractivity contribution in [3.8, 4) is 5.75 Å². The maximum absolute atomic E-state index is 12.2. The lowest BCUT2D eigenvalue weighted by atomic mass is 9.94. The molecular formula is C15H13NO4. The Balaban J connectivity index is 2.33. The van der Waals surface area contributed by atoms with E-state index in [-0.39, 0.29) is 10.6 Å². The number of carbonyl (C=O) groups excluding carboxylic acids is 2. The molecule has 2 aromatic carbocycles. The summed E-state index contributed by atoms with van der Waals surface area (Å²) in [6, 6.07) is 8.63. The van der Waals surface area contributed by atoms with Crippen molar-refractivity contribution in [2.75, 3.05) is 6.61 Å². The summed E-state index contributed by atoms with van der Waals surface area (Å²) >= 11 is 0. The Labute approximate surface area is 115 Å². The molecule has 0 radical (unpaired) electrons. The molecule has 0 atom stereocenters. The van der Waals surface area contributed by atoms with E-state index in [1.54, 1.807) is 24.3 Å². The van der Waals surface area contributed by atoms with Crippen molar-refractivity contribution >= 4 is 22.6 Å². The first-order valence-electron chi connectivity index (χ1n) is 6.41. The van der Waals surface area contributed by atoms with Crippen LogP contribution in [0.4, 0.5) is 0 Å². The molecule has 0 aliphatic carbocycles. The van der Waals surface area contributed by atoms with E-state index in [1.807, 2.05) is 13.0 Å². The molecule has 0 spiro atoms. The summed E-state index contributed by atoms with van der Waals surface area (Å²) in [7, 11) is 0. The number of rotatable bonds is 3. The van der Waals surface area contributed by atoms with Crippen LogP contribution in [0.25, 0.3) is 10.8 Å². The second-order valence-corrected chi connectivity index (χ2v) is 4.61. The first-order chi connectivity index (χ1) is 9.65. The second kappa shape index (κ2) is 4.61. The van der Waals surface area contributed by atoms with Gasteiger partial charge in [0.05, 0.1) is 17.7 Å². The van der Waals surface area contributed by atoms with Crippen LogP contribution >= 0.6 is 0 Å². The average Bonchev–Trinajstić information content (AvgIpc) is 2.48. The zero-order chi connectivity index (χ0) is 14.3. The maximum Gasteiger partial charge on any atom is 0.289 e. The van der Waals surface area contributed by atoms with E-state index in [0.29, 0.717) is 23.3 Å². The number of carbonyl (C=O) groups is 2. The Morgan fingerprint density at radius 1 is 1.15 bits per heavy atom. The van der Waals surface area contributed by atoms with Crippen molar-refractivity contribution < 1.29 is 19.5 Å². The van der Waals surface area contributed by atoms with Gasteiger partial charge in [-0.05, 0) is 23.9 Å². The lowest BCUT2D eigenvalue weighted by molar-refractivity contribution is -0.0379. The monoisotopic (exact) mass is 271 g/mol. The van der Waals surface area contributed by atoms with Crippen LogP contribution in [-0.2, 0) is 0 Å². The van der Waals surface area contributed by atoms with Gasteiger partial charge in [-0.1, -0.05) is 25.1 Å². The van der Waals surface area contributed by atoms with Crippen LogP contribution < -0.4 is 4.74 Å². The number of hydrogen-bond acceptors (Lipinski definition) is 4. The van der Waals surface area contributed by atoms with Gasteiger partial charge in [-0.15, -0.1) is 5.06 Å². The smallest absolute Gasteiger partial charge is 0.289 e. The molecule has 1 heterocycles. The van der Waals surface area contributed by atoms with E-state index < -0.39 is 11.8 Å². The Morgan fingerprint density at radius 3 is 2.70 bits per heavy atom. The van der Waals surface area contributed by atoms with E-state index in [4.69, 9.17) is 4.74 Å². The molecule has 102 valence electrons. The van der Waals surface area contributed by atoms with Crippen LogP contribution in [0.3, 0.4) is 0 Å². The van der Waals surface area contributed by atoms with Gasteiger partial charge in [0.1, 0.15) is 5.75 Å². The van der Waals surface area contributed by atoms with Crippen molar-refractivity contribution in [1.29, 1.82) is 0 Å². The number of amides is 2. The van der Waals surface area contributed by atoms with E-state index >= 15 is 0 Å². The number of imide groups is 1. The fourth-order valence-corrected chi connectivity index (χ4v) is 2.40. The molecule has 0 saturated carbocycles. The summed E-state index contributed by atoms with van der Waals surface area (Å²) in [5.74, 6) is -1.06. The molecule has 2 amide bonds. The second-order valence-electron chi connectivity index (χ2n) is 4.61. The van der Waals surface area contributed by atoms with E-state index in [0.717, 1.165) is 11.8 Å². The third kappa shape index (κ3) is 1.67. The highest BCUT2D eigenvalue weighted by Crippen LogP contribution is 2.35. The number of benzene rings is 2. The van der Waals surface area contributed by atoms with Crippen molar-refractivity contribution in [2.45, 2.75) is 13.3 Å². The molecule has 0 aromatic heterocycles. The van der Waals surface area contributed by atoms with Gasteiger partial charge in [0.25, 0.3) is 11.8 Å². The summed E-state index contributed by atoms with van der Waals surface area (Å²) in [6.45, 7) is 2.43. The highest BCUT2D eigenvalue weighted by atomic mass is 16.5. The SMILES string of the molecule is CCCOc1ccc2cccc3c2c1C(=O)N(O)C3=O. The number of hydroxylamine groups is 2. The van der Waals surface area contributed by atoms with Crippen molar-refractivity contribution in [3.05, 3.63) is 41.5 Å². The zero-order valence-electron chi connectivity index (χ0n) is 10.9. The van der Waals surface area contributed by atoms with Crippen LogP contribution in [0.15, 0.2) is 30.3 Å². The van der Waals surface area contributed by atoms with Gasteiger partial charge in [0.2, 0.25) is 0 Å². The largest absolute Gasteiger partial charge is 0.493 e. The van der Waals surface area contributed by atoms with Crippen molar-refractivity contribution in [3.63, 3.8) is 0 Å². The molecule has 3 rings (SSSR count). The first-order valence-corrected chi connectivity index (χ1v) is 6.41. The molecule has 1 aliphatic rings. The maximum atomic E-state index is 12.2. The predicted octanol–water partition coefficient (Wildman–Crippen LogP) is 2.61. The zero-order valence-corrected chi connectivity index (χ0v) is 10.9. The van der Waals surface area contributed by atoms with Crippen LogP contribution in [0.5, 0.6) is 5.75 Å². The van der Waals surface area contributed by atoms with Gasteiger partial charge in [-0.3, -0.25) is 14.8 Å². The van der Waals surface area contributed by atoms with Crippen LogP contribution in [0, 0.1) is 0 Å². The number of hydrogen-bond donors (Lipinski definition) is 1. The van der Waals surface area contributed by atoms with E-state index in [9.17, 15) is 14.8 Å². The molecule has 20 heavy (non-hydrogen) atoms. The molecule has 1 aliphatic heterocycles. The number of nitrogens with zero attached hydrogens (tertiary/aromatic N) is 1. The van der Waals surface area contributed by atoms with E-state index in [2.05, 4.69) is 0 Å². The summed E-state index contributed by atoms with van der Waals surface area (Å²) in [5.41, 5.74) is 0.551. The van der Waals surface area contributed by atoms with Gasteiger partial charge in [-0.25, -0.2) is 0 Å². The third-order valence-corrected chi connectivity index (χ3v) is 3.30. The molecule has 0 bridgehead atoms. The lowest BCUT2D eigenvalue weighted by Crippen LogP contribution is -2.37. The minimum Gasteiger partial charge on any atom is -0.493 e. The molecule has 2 aromatic rings. The van der Waals surface area contributed by atoms with Crippen LogP contribution in [0.2, 0.25) is 0 Å². The van der Waals surface area contributed by atoms with Gasteiger partial charge in [0.15, 0.2) is 0 Å². The van der Waals surface area contributed by atoms with Gasteiger partial charge < -0.3 is 4.74 Å². The average molecular weight is 271 g/mol. The lowest BCUT2D eigenvalue weighted by Gasteiger charge is -2.23. The minimum atomic E-state index is -0.745. The topological polar surface area (TPSA) is 66.8 Å². The fraction of sp³-hybridized carbons (Fsp3) is 0.200. The highest BCUT2D eigenvalue weighted by Gasteiger charge is 2.34. The Hall–Kier alpha value is -2.40. The minimum absolute atomic E-state index is 0.149. The van der Waals surface area contributed by atoms with E-state index in [1.165, 1.54) is 0 Å². The standard InChI is InChI=1S/C15H13NO4/c1-2-8-20-11-7-6-9-4-3-5-10-12(9)13(11)15(18)16(19)14(10)17/h3-7,19H,2,8H2,1H3. The van der Waals surface area contributed by atoms with Crippen LogP contribution in [-0.4, -0.2) is 28.7 Å². The molecule has 0 fully saturated rings. The summed E-state index contributed by atoms with van der Waals surface area (Å²) in [5, 5.41) is 11.1. The van der Waals surface area contributed by atoms with Crippen molar-refractivity contribution in [1.82, 2.24) is 5.06 Å². The van der Waals surface area contributed by atoms with Gasteiger partial charge in [0, 0.05) is 5.39 Å². The number of ether oxygens (including phenoxy) is 1. The van der Waals surface area contributed by atoms with Gasteiger partial charge >= 0.3 is 0 Å². The predicted molar refractivity (Wildman–Crippen MR) is 72.0 cm³/mol. The first kappa shape index (κ1) is 12.6. The van der Waals surface area contributed by atoms with Crippen LogP contribution in [0.1, 0.15) is 34.1 Å². The Kier molecular flexibility index (Phi) is 2.91. The summed E-state index contributed by atoms with van der Waals surface area (Å²) in [6.07, 6.45) is 0.801. The normalized spacial score (nSPS) is 14.0. The summed E-state index contributed by atoms with van der Waals surface area (Å²) < 4.78 is 5.56. The Morgan fingerprint density at radius 2 is 1.95 bits per heavy atom. The Bertz CT molecular complexity index is 723. The fourth-order valence-electron chi connectivity index (χ4n) is 2.40. The molecule has 1 N–H and O–H groups in total.